The topological polar surface area (TPSA) is 31.4 Å². The van der Waals surface area contributed by atoms with Crippen molar-refractivity contribution in [2.45, 2.75) is 12.8 Å². The second kappa shape index (κ2) is 7.27. The van der Waals surface area contributed by atoms with E-state index in [2.05, 4.69) is 11.9 Å². The average Bonchev–Trinajstić information content (AvgIpc) is 2.48. The molecule has 0 amide bonds. The Morgan fingerprint density at radius 3 is 2.35 bits per heavy atom. The highest BCUT2D eigenvalue weighted by atomic mass is 35.5. The maximum atomic E-state index is 5.90. The fourth-order valence-corrected chi connectivity index (χ4v) is 2.03. The van der Waals surface area contributed by atoms with Crippen LogP contribution in [0, 0.1) is 0 Å². The summed E-state index contributed by atoms with van der Waals surface area (Å²) in [5.74, 6) is 0.891. The molecular weight excluding hydrogens is 274 g/mol. The van der Waals surface area contributed by atoms with Crippen molar-refractivity contribution in [3.8, 4) is 5.88 Å². The van der Waals surface area contributed by atoms with E-state index in [1.807, 2.05) is 42.6 Å². The van der Waals surface area contributed by atoms with Crippen molar-refractivity contribution in [2.75, 3.05) is 20.3 Å². The summed E-state index contributed by atoms with van der Waals surface area (Å²) in [7, 11) is 1.65. The number of methoxy groups -OCH3 is 1. The Morgan fingerprint density at radius 1 is 1.05 bits per heavy atom. The minimum Gasteiger partial charge on any atom is -0.475 e. The molecule has 2 aromatic rings. The molecule has 0 spiro atoms. The number of halogens is 1. The first-order valence-electron chi connectivity index (χ1n) is 6.54. The van der Waals surface area contributed by atoms with Crippen LogP contribution in [-0.4, -0.2) is 25.3 Å². The van der Waals surface area contributed by atoms with Crippen LogP contribution in [0.3, 0.4) is 0 Å². The van der Waals surface area contributed by atoms with E-state index < -0.39 is 0 Å². The number of nitrogens with zero attached hydrogens (tertiary/aromatic N) is 1. The molecule has 20 heavy (non-hydrogen) atoms. The van der Waals surface area contributed by atoms with Gasteiger partial charge >= 0.3 is 0 Å². The second-order valence-corrected chi connectivity index (χ2v) is 4.98. The van der Waals surface area contributed by atoms with E-state index in [1.165, 1.54) is 5.56 Å². The first-order valence-corrected chi connectivity index (χ1v) is 6.91. The summed E-state index contributed by atoms with van der Waals surface area (Å²) in [6.45, 7) is 3.21. The molecule has 1 aromatic carbocycles. The second-order valence-electron chi connectivity index (χ2n) is 4.54. The Hall–Kier alpha value is -1.58. The standard InChI is InChI=1S/C16H18ClNO2/c1-12(13-3-6-15(17)7-4-13)14-5-8-16(18-11-14)20-10-9-19-2/h3-8,11-12H,9-10H2,1-2H3. The summed E-state index contributed by atoms with van der Waals surface area (Å²) >= 11 is 5.90. The van der Waals surface area contributed by atoms with Crippen LogP contribution in [0.25, 0.3) is 0 Å². The molecule has 0 radical (unpaired) electrons. The van der Waals surface area contributed by atoms with Gasteiger partial charge in [0.05, 0.1) is 6.61 Å². The van der Waals surface area contributed by atoms with Crippen molar-refractivity contribution in [3.63, 3.8) is 0 Å². The van der Waals surface area contributed by atoms with Gasteiger partial charge in [0.15, 0.2) is 0 Å². The molecule has 0 bridgehead atoms. The van der Waals surface area contributed by atoms with E-state index in [0.29, 0.717) is 19.1 Å². The Kier molecular flexibility index (Phi) is 5.39. The zero-order valence-corrected chi connectivity index (χ0v) is 12.4. The summed E-state index contributed by atoms with van der Waals surface area (Å²) < 4.78 is 10.4. The van der Waals surface area contributed by atoms with Gasteiger partial charge in [-0.05, 0) is 23.3 Å². The van der Waals surface area contributed by atoms with E-state index in [4.69, 9.17) is 21.1 Å². The zero-order valence-electron chi connectivity index (χ0n) is 11.7. The molecule has 4 heteroatoms. The predicted molar refractivity (Wildman–Crippen MR) is 80.6 cm³/mol. The number of aromatic nitrogens is 1. The van der Waals surface area contributed by atoms with Gasteiger partial charge in [0.1, 0.15) is 6.61 Å². The molecule has 1 aromatic heterocycles. The molecule has 0 aliphatic rings. The van der Waals surface area contributed by atoms with Crippen molar-refractivity contribution < 1.29 is 9.47 Å². The summed E-state index contributed by atoms with van der Waals surface area (Å²) in [6, 6.07) is 11.8. The number of benzene rings is 1. The van der Waals surface area contributed by atoms with Gasteiger partial charge in [0.2, 0.25) is 5.88 Å². The first kappa shape index (κ1) is 14.8. The van der Waals surface area contributed by atoms with Gasteiger partial charge in [-0.3, -0.25) is 0 Å². The number of hydrogen-bond acceptors (Lipinski definition) is 3. The highest BCUT2D eigenvalue weighted by Gasteiger charge is 2.09. The maximum Gasteiger partial charge on any atom is 0.213 e. The molecule has 0 saturated heterocycles. The molecule has 0 saturated carbocycles. The highest BCUT2D eigenvalue weighted by molar-refractivity contribution is 6.30. The minimum atomic E-state index is 0.271. The summed E-state index contributed by atoms with van der Waals surface area (Å²) in [5.41, 5.74) is 2.36. The third-order valence-corrected chi connectivity index (χ3v) is 3.42. The van der Waals surface area contributed by atoms with E-state index in [0.717, 1.165) is 10.6 Å². The van der Waals surface area contributed by atoms with Crippen LogP contribution in [0.1, 0.15) is 24.0 Å². The monoisotopic (exact) mass is 291 g/mol. The van der Waals surface area contributed by atoms with Gasteiger partial charge in [0.25, 0.3) is 0 Å². The fraction of sp³-hybridized carbons (Fsp3) is 0.312. The highest BCUT2D eigenvalue weighted by Crippen LogP contribution is 2.25. The molecule has 0 aliphatic heterocycles. The number of pyridine rings is 1. The number of hydrogen-bond donors (Lipinski definition) is 0. The van der Waals surface area contributed by atoms with E-state index >= 15 is 0 Å². The SMILES string of the molecule is COCCOc1ccc(C(C)c2ccc(Cl)cc2)cn1. The summed E-state index contributed by atoms with van der Waals surface area (Å²) in [5, 5.41) is 0.751. The van der Waals surface area contributed by atoms with Gasteiger partial charge in [-0.15, -0.1) is 0 Å². The Morgan fingerprint density at radius 2 is 1.75 bits per heavy atom. The smallest absolute Gasteiger partial charge is 0.213 e. The minimum absolute atomic E-state index is 0.271. The van der Waals surface area contributed by atoms with Crippen molar-refractivity contribution in [3.05, 3.63) is 58.7 Å². The zero-order chi connectivity index (χ0) is 14.4. The van der Waals surface area contributed by atoms with E-state index in [-0.39, 0.29) is 5.92 Å². The summed E-state index contributed by atoms with van der Waals surface area (Å²) in [4.78, 5) is 4.31. The Balaban J connectivity index is 2.03. The molecule has 1 heterocycles. The maximum absolute atomic E-state index is 5.90. The van der Waals surface area contributed by atoms with Crippen molar-refractivity contribution >= 4 is 11.6 Å². The molecule has 2 rings (SSSR count). The normalized spacial score (nSPS) is 12.2. The van der Waals surface area contributed by atoms with Crippen LogP contribution < -0.4 is 4.74 Å². The van der Waals surface area contributed by atoms with Gasteiger partial charge < -0.3 is 9.47 Å². The molecule has 1 unspecified atom stereocenters. The lowest BCUT2D eigenvalue weighted by Crippen LogP contribution is -2.05. The van der Waals surface area contributed by atoms with Crippen LogP contribution in [0.2, 0.25) is 5.02 Å². The van der Waals surface area contributed by atoms with Crippen LogP contribution >= 0.6 is 11.6 Å². The third-order valence-electron chi connectivity index (χ3n) is 3.17. The Bertz CT molecular complexity index is 525. The summed E-state index contributed by atoms with van der Waals surface area (Å²) in [6.07, 6.45) is 1.85. The van der Waals surface area contributed by atoms with Crippen molar-refractivity contribution in [1.82, 2.24) is 4.98 Å². The molecule has 106 valence electrons. The van der Waals surface area contributed by atoms with Gasteiger partial charge in [-0.1, -0.05) is 36.7 Å². The fourth-order valence-electron chi connectivity index (χ4n) is 1.91. The van der Waals surface area contributed by atoms with Crippen LogP contribution in [0.15, 0.2) is 42.6 Å². The first-order chi connectivity index (χ1) is 9.70. The molecule has 0 aliphatic carbocycles. The molecule has 0 fully saturated rings. The predicted octanol–water partition coefficient (Wildman–Crippen LogP) is 3.91. The molecule has 3 nitrogen and oxygen atoms in total. The number of rotatable bonds is 6. The number of ether oxygens (including phenoxy) is 2. The van der Waals surface area contributed by atoms with Crippen LogP contribution in [0.5, 0.6) is 5.88 Å². The molecule has 0 N–H and O–H groups in total. The molecule has 1 atom stereocenters. The Labute approximate surface area is 124 Å². The van der Waals surface area contributed by atoms with Gasteiger partial charge in [-0.25, -0.2) is 4.98 Å². The van der Waals surface area contributed by atoms with Crippen molar-refractivity contribution in [2.24, 2.45) is 0 Å². The lowest BCUT2D eigenvalue weighted by atomic mass is 9.95. The van der Waals surface area contributed by atoms with E-state index in [9.17, 15) is 0 Å². The van der Waals surface area contributed by atoms with Crippen LogP contribution in [0.4, 0.5) is 0 Å². The largest absolute Gasteiger partial charge is 0.475 e. The van der Waals surface area contributed by atoms with Gasteiger partial charge in [0, 0.05) is 30.3 Å². The molecular formula is C16H18ClNO2. The quantitative estimate of drug-likeness (QED) is 0.756. The van der Waals surface area contributed by atoms with Gasteiger partial charge in [-0.2, -0.15) is 0 Å². The third kappa shape index (κ3) is 3.95. The lowest BCUT2D eigenvalue weighted by Gasteiger charge is -2.13. The van der Waals surface area contributed by atoms with E-state index in [1.54, 1.807) is 7.11 Å². The van der Waals surface area contributed by atoms with Crippen molar-refractivity contribution in [1.29, 1.82) is 0 Å². The lowest BCUT2D eigenvalue weighted by molar-refractivity contribution is 0.143. The van der Waals surface area contributed by atoms with Crippen LogP contribution in [-0.2, 0) is 4.74 Å². The average molecular weight is 292 g/mol.